The molecular weight excluding hydrogens is 703 g/mol. The van der Waals surface area contributed by atoms with Crippen LogP contribution in [0.2, 0.25) is 0 Å². The molecule has 11 nitrogen and oxygen atoms in total. The fraction of sp³-hybridized carbons (Fsp3) is 0.974. The van der Waals surface area contributed by atoms with Crippen molar-refractivity contribution in [2.45, 2.75) is 154 Å². The van der Waals surface area contributed by atoms with Crippen LogP contribution in [0, 0.1) is 0 Å². The largest absolute Gasteiger partial charge is 0.379 e. The number of rotatable bonds is 43. The number of unbranched alkanes of at least 4 members (excludes halogenated alkanes) is 18. The van der Waals surface area contributed by atoms with E-state index in [1.54, 1.807) is 11.8 Å². The van der Waals surface area contributed by atoms with Gasteiger partial charge in [-0.15, -0.1) is 0 Å². The summed E-state index contributed by atoms with van der Waals surface area (Å²) in [7, 11) is -3.46. The first-order chi connectivity index (χ1) is 25.3. The predicted molar refractivity (Wildman–Crippen MR) is 217 cm³/mol. The Hall–Kier alpha value is -0.270. The fourth-order valence-corrected chi connectivity index (χ4v) is 6.89. The summed E-state index contributed by atoms with van der Waals surface area (Å²) in [6.07, 6.45) is 26.1. The van der Waals surface area contributed by atoms with Crippen LogP contribution < -0.4 is 11.1 Å². The molecule has 0 radical (unpaired) electrons. The van der Waals surface area contributed by atoms with Crippen molar-refractivity contribution >= 4 is 25.3 Å². The van der Waals surface area contributed by atoms with Crippen molar-refractivity contribution in [3.8, 4) is 0 Å². The molecule has 0 aromatic carbocycles. The summed E-state index contributed by atoms with van der Waals surface area (Å²) >= 11 is 1.65. The maximum atomic E-state index is 12.5. The quantitative estimate of drug-likeness (QED) is 0.0405. The lowest BCUT2D eigenvalue weighted by molar-refractivity contribution is -0.122. The molecule has 0 bridgehead atoms. The Balaban J connectivity index is 4.11. The van der Waals surface area contributed by atoms with Crippen LogP contribution in [0.3, 0.4) is 0 Å². The van der Waals surface area contributed by atoms with Gasteiger partial charge in [0.2, 0.25) is 5.91 Å². The van der Waals surface area contributed by atoms with Crippen molar-refractivity contribution in [2.75, 3.05) is 90.8 Å². The minimum absolute atomic E-state index is 0.000715. The number of nitrogens with one attached hydrogen (secondary N) is 1. The summed E-state index contributed by atoms with van der Waals surface area (Å²) in [6.45, 7) is 10.3. The smallest absolute Gasteiger partial charge is 0.325 e. The van der Waals surface area contributed by atoms with Crippen molar-refractivity contribution in [2.24, 2.45) is 5.73 Å². The van der Waals surface area contributed by atoms with Crippen molar-refractivity contribution in [3.05, 3.63) is 0 Å². The van der Waals surface area contributed by atoms with E-state index in [9.17, 15) is 9.36 Å². The van der Waals surface area contributed by atoms with E-state index in [4.69, 9.17) is 38.8 Å². The molecule has 0 aliphatic carbocycles. The number of hydrogen-bond donors (Lipinski definition) is 3. The van der Waals surface area contributed by atoms with Crippen molar-refractivity contribution in [1.82, 2.24) is 5.32 Å². The summed E-state index contributed by atoms with van der Waals surface area (Å²) < 4.78 is 44.3. The molecular formula is C39H81N2O9PS. The second-order valence-electron chi connectivity index (χ2n) is 13.8. The van der Waals surface area contributed by atoms with Crippen molar-refractivity contribution in [1.29, 1.82) is 0 Å². The van der Waals surface area contributed by atoms with Crippen molar-refractivity contribution in [3.63, 3.8) is 0 Å². The minimum Gasteiger partial charge on any atom is -0.379 e. The standard InChI is InChI=1S/C39H81N2O9PS/c1-4-6-8-10-12-14-16-18-20-22-25-48-34-37(49-26-23-21-19-17-15-13-11-9-7-5-2)35-52-36-38(40)39(42)41-24-27-45-28-29-46-30-31-47-32-33-50-51(3,43)44/h37-38H,4-36,40H2,1-3H3,(H,41,42)(H,43,44)/t37?,38-/m0/s1. The van der Waals surface area contributed by atoms with E-state index in [1.165, 1.54) is 116 Å². The van der Waals surface area contributed by atoms with E-state index in [0.29, 0.717) is 51.9 Å². The van der Waals surface area contributed by atoms with Crippen LogP contribution in [0.4, 0.5) is 0 Å². The molecule has 0 aliphatic rings. The molecule has 0 saturated heterocycles. The Morgan fingerprint density at radius 3 is 1.56 bits per heavy atom. The molecule has 4 N–H and O–H groups in total. The van der Waals surface area contributed by atoms with Crippen LogP contribution >= 0.6 is 19.4 Å². The average Bonchev–Trinajstić information content (AvgIpc) is 3.12. The molecule has 0 fully saturated rings. The number of amides is 1. The lowest BCUT2D eigenvalue weighted by Crippen LogP contribution is -2.43. The highest BCUT2D eigenvalue weighted by Crippen LogP contribution is 2.35. The Morgan fingerprint density at radius 2 is 1.06 bits per heavy atom. The maximum absolute atomic E-state index is 12.5. The highest BCUT2D eigenvalue weighted by atomic mass is 32.2. The number of thioether (sulfide) groups is 1. The molecule has 0 spiro atoms. The van der Waals surface area contributed by atoms with Gasteiger partial charge in [-0.1, -0.05) is 129 Å². The first-order valence-electron chi connectivity index (χ1n) is 20.8. The van der Waals surface area contributed by atoms with Gasteiger partial charge in [0.15, 0.2) is 0 Å². The molecule has 52 heavy (non-hydrogen) atoms. The Kier molecular flexibility index (Phi) is 40.2. The number of nitrogens with two attached hydrogens (primary N) is 1. The van der Waals surface area contributed by atoms with Crippen LogP contribution in [0.25, 0.3) is 0 Å². The third-order valence-corrected chi connectivity index (χ3v) is 10.4. The summed E-state index contributed by atoms with van der Waals surface area (Å²) in [5, 5.41) is 2.85. The van der Waals surface area contributed by atoms with E-state index in [2.05, 4.69) is 19.2 Å². The monoisotopic (exact) mass is 785 g/mol. The van der Waals surface area contributed by atoms with Gasteiger partial charge in [0.05, 0.1) is 65.0 Å². The predicted octanol–water partition coefficient (Wildman–Crippen LogP) is 8.29. The highest BCUT2D eigenvalue weighted by Gasteiger charge is 2.16. The number of ether oxygens (including phenoxy) is 5. The second-order valence-corrected chi connectivity index (χ2v) is 16.8. The molecule has 0 aliphatic heterocycles. The molecule has 1 amide bonds. The Labute approximate surface area is 323 Å². The zero-order valence-electron chi connectivity index (χ0n) is 33.6. The zero-order chi connectivity index (χ0) is 38.2. The van der Waals surface area contributed by atoms with Gasteiger partial charge >= 0.3 is 7.60 Å². The summed E-state index contributed by atoms with van der Waals surface area (Å²) in [4.78, 5) is 21.5. The first-order valence-corrected chi connectivity index (χ1v) is 24.0. The van der Waals surface area contributed by atoms with Gasteiger partial charge in [0.1, 0.15) is 0 Å². The zero-order valence-corrected chi connectivity index (χ0v) is 35.3. The van der Waals surface area contributed by atoms with Gasteiger partial charge in [0.25, 0.3) is 0 Å². The van der Waals surface area contributed by atoms with Gasteiger partial charge < -0.3 is 44.2 Å². The van der Waals surface area contributed by atoms with Crippen LogP contribution in [0.15, 0.2) is 0 Å². The number of hydrogen-bond acceptors (Lipinski definition) is 10. The minimum atomic E-state index is -3.46. The molecule has 2 unspecified atom stereocenters. The summed E-state index contributed by atoms with van der Waals surface area (Å²) in [6, 6.07) is -0.601. The van der Waals surface area contributed by atoms with Crippen molar-refractivity contribution < 1.29 is 42.5 Å². The summed E-state index contributed by atoms with van der Waals surface area (Å²) in [5.74, 6) is 1.08. The fourth-order valence-electron chi connectivity index (χ4n) is 5.48. The van der Waals surface area contributed by atoms with Crippen LogP contribution in [-0.4, -0.2) is 114 Å². The molecule has 3 atom stereocenters. The Morgan fingerprint density at radius 1 is 0.615 bits per heavy atom. The normalized spacial score (nSPS) is 14.0. The molecule has 0 aromatic rings. The van der Waals surface area contributed by atoms with Gasteiger partial charge in [-0.3, -0.25) is 9.36 Å². The average molecular weight is 785 g/mol. The SMILES string of the molecule is CCCCCCCCCCCCOCC(CSC[C@H](N)C(=O)NCCOCCOCCOCCOP(C)(=O)O)OCCCCCCCCCCCC. The van der Waals surface area contributed by atoms with E-state index in [0.717, 1.165) is 38.5 Å². The van der Waals surface area contributed by atoms with Crippen LogP contribution in [0.1, 0.15) is 142 Å². The van der Waals surface area contributed by atoms with E-state index < -0.39 is 13.6 Å². The van der Waals surface area contributed by atoms with E-state index >= 15 is 0 Å². The second kappa shape index (κ2) is 40.4. The summed E-state index contributed by atoms with van der Waals surface area (Å²) in [5.41, 5.74) is 6.19. The molecule has 0 heterocycles. The van der Waals surface area contributed by atoms with Gasteiger partial charge in [-0.05, 0) is 12.8 Å². The van der Waals surface area contributed by atoms with Crippen LogP contribution in [0.5, 0.6) is 0 Å². The first kappa shape index (κ1) is 51.7. The van der Waals surface area contributed by atoms with Crippen LogP contribution in [-0.2, 0) is 37.6 Å². The topological polar surface area (TPSA) is 148 Å². The Bertz CT molecular complexity index is 797. The number of carbonyl (C=O) groups is 1. The van der Waals surface area contributed by atoms with E-state index in [-0.39, 0.29) is 25.2 Å². The van der Waals surface area contributed by atoms with Gasteiger partial charge in [-0.25, -0.2) is 0 Å². The van der Waals surface area contributed by atoms with E-state index in [1.807, 2.05) is 0 Å². The lowest BCUT2D eigenvalue weighted by atomic mass is 10.1. The molecule has 0 aromatic heterocycles. The number of carbonyl (C=O) groups excluding carboxylic acids is 1. The highest BCUT2D eigenvalue weighted by molar-refractivity contribution is 7.99. The molecule has 0 rings (SSSR count). The maximum Gasteiger partial charge on any atom is 0.325 e. The third-order valence-electron chi connectivity index (χ3n) is 8.58. The van der Waals surface area contributed by atoms with Gasteiger partial charge in [0, 0.05) is 37.9 Å². The molecule has 312 valence electrons. The third kappa shape index (κ3) is 40.9. The molecule has 0 saturated carbocycles. The lowest BCUT2D eigenvalue weighted by Gasteiger charge is -2.19. The van der Waals surface area contributed by atoms with Gasteiger partial charge in [-0.2, -0.15) is 11.8 Å². The molecule has 13 heteroatoms.